The van der Waals surface area contributed by atoms with Crippen molar-refractivity contribution in [1.29, 1.82) is 0 Å². The van der Waals surface area contributed by atoms with Crippen LogP contribution in [0.2, 0.25) is 0 Å². The maximum atomic E-state index is 12.4. The minimum absolute atomic E-state index is 0.116. The van der Waals surface area contributed by atoms with Crippen molar-refractivity contribution in [2.45, 2.75) is 24.9 Å². The minimum atomic E-state index is -0.375. The maximum Gasteiger partial charge on any atom is 0.407 e. The number of aryl methyl sites for hydroxylation is 1. The van der Waals surface area contributed by atoms with E-state index in [9.17, 15) is 4.79 Å². The molecule has 2 heterocycles. The number of amides is 1. The van der Waals surface area contributed by atoms with Gasteiger partial charge in [-0.3, -0.25) is 4.68 Å². The number of nitrogens with one attached hydrogen (secondary N) is 2. The van der Waals surface area contributed by atoms with Crippen molar-refractivity contribution in [2.75, 3.05) is 19.6 Å². The van der Waals surface area contributed by atoms with E-state index in [0.29, 0.717) is 6.54 Å². The first kappa shape index (κ1) is 20.2. The first-order valence-electron chi connectivity index (χ1n) is 10.4. The number of rotatable bonds is 6. The third-order valence-electron chi connectivity index (χ3n) is 5.86. The topological polar surface area (TPSA) is 68.2 Å². The molecule has 3 aromatic rings. The number of ether oxygens (including phenoxy) is 1. The van der Waals surface area contributed by atoms with E-state index >= 15 is 0 Å². The van der Waals surface area contributed by atoms with Gasteiger partial charge in [-0.05, 0) is 42.6 Å². The summed E-state index contributed by atoms with van der Waals surface area (Å²) in [5.41, 5.74) is 4.35. The molecule has 2 N–H and O–H groups in total. The summed E-state index contributed by atoms with van der Waals surface area (Å²) in [4.78, 5) is 12.4. The summed E-state index contributed by atoms with van der Waals surface area (Å²) in [5, 5.41) is 10.7. The Labute approximate surface area is 177 Å². The number of hydrogen-bond donors (Lipinski definition) is 2. The monoisotopic (exact) mass is 404 g/mol. The van der Waals surface area contributed by atoms with E-state index in [4.69, 9.17) is 4.74 Å². The average Bonchev–Trinajstić information content (AvgIpc) is 3.24. The van der Waals surface area contributed by atoms with E-state index < -0.39 is 0 Å². The lowest BCUT2D eigenvalue weighted by molar-refractivity contribution is 0.135. The number of carbonyl (C=O) groups is 1. The van der Waals surface area contributed by atoms with Crippen LogP contribution < -0.4 is 10.6 Å². The summed E-state index contributed by atoms with van der Waals surface area (Å²) in [6, 6.07) is 18.3. The smallest absolute Gasteiger partial charge is 0.407 e. The van der Waals surface area contributed by atoms with Crippen LogP contribution in [0.5, 0.6) is 0 Å². The zero-order valence-electron chi connectivity index (χ0n) is 17.3. The van der Waals surface area contributed by atoms with Crippen molar-refractivity contribution in [3.05, 3.63) is 78.1 Å². The molecule has 1 aromatic heterocycles. The lowest BCUT2D eigenvalue weighted by atomic mass is 9.72. The Morgan fingerprint density at radius 3 is 2.67 bits per heavy atom. The first-order valence-corrected chi connectivity index (χ1v) is 10.4. The highest BCUT2D eigenvalue weighted by atomic mass is 16.5. The van der Waals surface area contributed by atoms with Crippen molar-refractivity contribution in [3.8, 4) is 11.1 Å². The van der Waals surface area contributed by atoms with Crippen molar-refractivity contribution >= 4 is 6.09 Å². The molecule has 0 unspecified atom stereocenters. The molecule has 0 bridgehead atoms. The van der Waals surface area contributed by atoms with Crippen LogP contribution in [0.1, 0.15) is 24.0 Å². The van der Waals surface area contributed by atoms with Gasteiger partial charge in [-0.25, -0.2) is 4.79 Å². The van der Waals surface area contributed by atoms with Crippen LogP contribution in [-0.2, 0) is 23.8 Å². The minimum Gasteiger partial charge on any atom is -0.445 e. The third-order valence-corrected chi connectivity index (χ3v) is 5.86. The summed E-state index contributed by atoms with van der Waals surface area (Å²) in [7, 11) is 1.92. The molecule has 1 fully saturated rings. The van der Waals surface area contributed by atoms with Gasteiger partial charge in [0.15, 0.2) is 0 Å². The standard InChI is InChI=1S/C24H28N4O2/c1-28-16-21(15-27-28)20-8-5-9-22(14-20)24(10-12-25-13-11-24)18-26-23(29)30-17-19-6-3-2-4-7-19/h2-9,14-16,25H,10-13,17-18H2,1H3,(H,26,29). The fourth-order valence-corrected chi connectivity index (χ4v) is 4.09. The van der Waals surface area contributed by atoms with Gasteiger partial charge >= 0.3 is 6.09 Å². The molecule has 0 aliphatic carbocycles. The molecule has 1 aliphatic heterocycles. The second-order valence-electron chi connectivity index (χ2n) is 7.93. The molecular weight excluding hydrogens is 376 g/mol. The molecule has 1 amide bonds. The van der Waals surface area contributed by atoms with Crippen molar-refractivity contribution in [2.24, 2.45) is 7.05 Å². The number of alkyl carbamates (subject to hydrolysis) is 1. The van der Waals surface area contributed by atoms with Gasteiger partial charge < -0.3 is 15.4 Å². The van der Waals surface area contributed by atoms with E-state index in [1.807, 2.05) is 54.5 Å². The predicted octanol–water partition coefficient (Wildman–Crippen LogP) is 3.63. The van der Waals surface area contributed by atoms with E-state index in [0.717, 1.165) is 42.6 Å². The Bertz CT molecular complexity index is 978. The van der Waals surface area contributed by atoms with Gasteiger partial charge in [0.25, 0.3) is 0 Å². The van der Waals surface area contributed by atoms with Crippen molar-refractivity contribution in [1.82, 2.24) is 20.4 Å². The van der Waals surface area contributed by atoms with E-state index in [1.165, 1.54) is 5.56 Å². The van der Waals surface area contributed by atoms with Crippen LogP contribution in [-0.4, -0.2) is 35.5 Å². The predicted molar refractivity (Wildman–Crippen MR) is 117 cm³/mol. The molecule has 30 heavy (non-hydrogen) atoms. The fraction of sp³-hybridized carbons (Fsp3) is 0.333. The molecule has 156 valence electrons. The van der Waals surface area contributed by atoms with Crippen LogP contribution in [0.15, 0.2) is 67.0 Å². The second-order valence-corrected chi connectivity index (χ2v) is 7.93. The third kappa shape index (κ3) is 4.71. The molecule has 2 aromatic carbocycles. The van der Waals surface area contributed by atoms with E-state index in [1.54, 1.807) is 0 Å². The zero-order chi connectivity index (χ0) is 20.8. The highest BCUT2D eigenvalue weighted by molar-refractivity contribution is 5.67. The van der Waals surface area contributed by atoms with E-state index in [2.05, 4.69) is 40.0 Å². The first-order chi connectivity index (χ1) is 14.6. The van der Waals surface area contributed by atoms with Gasteiger partial charge in [0, 0.05) is 30.8 Å². The number of benzene rings is 2. The largest absolute Gasteiger partial charge is 0.445 e. The molecule has 6 heteroatoms. The second kappa shape index (κ2) is 9.13. The quantitative estimate of drug-likeness (QED) is 0.658. The van der Waals surface area contributed by atoms with E-state index in [-0.39, 0.29) is 18.1 Å². The molecule has 1 saturated heterocycles. The lowest BCUT2D eigenvalue weighted by Crippen LogP contribution is -2.47. The number of nitrogens with zero attached hydrogens (tertiary/aromatic N) is 2. The molecule has 0 radical (unpaired) electrons. The van der Waals surface area contributed by atoms with Crippen LogP contribution in [0, 0.1) is 0 Å². The molecule has 6 nitrogen and oxygen atoms in total. The normalized spacial score (nSPS) is 15.5. The van der Waals surface area contributed by atoms with Crippen LogP contribution in [0.3, 0.4) is 0 Å². The van der Waals surface area contributed by atoms with Crippen LogP contribution in [0.25, 0.3) is 11.1 Å². The Balaban J connectivity index is 1.47. The Kier molecular flexibility index (Phi) is 6.14. The summed E-state index contributed by atoms with van der Waals surface area (Å²) in [6.45, 7) is 2.69. The Hall–Kier alpha value is -3.12. The molecule has 1 aliphatic rings. The van der Waals surface area contributed by atoms with Crippen LogP contribution in [0.4, 0.5) is 4.79 Å². The van der Waals surface area contributed by atoms with Gasteiger partial charge in [-0.15, -0.1) is 0 Å². The SMILES string of the molecule is Cn1cc(-c2cccc(C3(CNC(=O)OCc4ccccc4)CCNCC3)c2)cn1. The fourth-order valence-electron chi connectivity index (χ4n) is 4.09. The van der Waals surface area contributed by atoms with Crippen molar-refractivity contribution in [3.63, 3.8) is 0 Å². The summed E-state index contributed by atoms with van der Waals surface area (Å²) in [5.74, 6) is 0. The summed E-state index contributed by atoms with van der Waals surface area (Å²) < 4.78 is 7.23. The maximum absolute atomic E-state index is 12.4. The number of carbonyl (C=O) groups excluding carboxylic acids is 1. The highest BCUT2D eigenvalue weighted by Gasteiger charge is 2.34. The number of hydrogen-bond acceptors (Lipinski definition) is 4. The van der Waals surface area contributed by atoms with Crippen LogP contribution >= 0.6 is 0 Å². The van der Waals surface area contributed by atoms with Gasteiger partial charge in [0.05, 0.1) is 6.20 Å². The summed E-state index contributed by atoms with van der Waals surface area (Å²) >= 11 is 0. The average molecular weight is 405 g/mol. The summed E-state index contributed by atoms with van der Waals surface area (Å²) in [6.07, 6.45) is 5.45. The highest BCUT2D eigenvalue weighted by Crippen LogP contribution is 2.35. The lowest BCUT2D eigenvalue weighted by Gasteiger charge is -2.38. The molecular formula is C24H28N4O2. The van der Waals surface area contributed by atoms with Gasteiger partial charge in [0.1, 0.15) is 6.61 Å². The number of aromatic nitrogens is 2. The molecule has 0 spiro atoms. The Morgan fingerprint density at radius 1 is 1.13 bits per heavy atom. The zero-order valence-corrected chi connectivity index (χ0v) is 17.3. The number of piperidine rings is 1. The molecule has 0 saturated carbocycles. The van der Waals surface area contributed by atoms with Gasteiger partial charge in [-0.2, -0.15) is 5.10 Å². The van der Waals surface area contributed by atoms with Crippen molar-refractivity contribution < 1.29 is 9.53 Å². The molecule has 0 atom stereocenters. The Morgan fingerprint density at radius 2 is 1.93 bits per heavy atom. The molecule has 4 rings (SSSR count). The van der Waals surface area contributed by atoms with Gasteiger partial charge in [-0.1, -0.05) is 54.6 Å². The van der Waals surface area contributed by atoms with Gasteiger partial charge in [0.2, 0.25) is 0 Å².